The summed E-state index contributed by atoms with van der Waals surface area (Å²) < 4.78 is 46.3. The summed E-state index contributed by atoms with van der Waals surface area (Å²) in [6.07, 6.45) is -0.120. The number of nitrogens with one attached hydrogen (secondary N) is 2. The summed E-state index contributed by atoms with van der Waals surface area (Å²) in [6.45, 7) is 7.30. The van der Waals surface area contributed by atoms with E-state index in [2.05, 4.69) is 10.6 Å². The summed E-state index contributed by atoms with van der Waals surface area (Å²) >= 11 is 0. The largest absolute Gasteiger partial charge is 0.444 e. The van der Waals surface area contributed by atoms with Crippen molar-refractivity contribution in [3.8, 4) is 0 Å². The van der Waals surface area contributed by atoms with Gasteiger partial charge in [-0.25, -0.2) is 18.0 Å². The van der Waals surface area contributed by atoms with Crippen LogP contribution in [0.5, 0.6) is 0 Å². The average Bonchev–Trinajstić information content (AvgIpc) is 3.21. The van der Waals surface area contributed by atoms with Crippen LogP contribution in [0.15, 0.2) is 12.1 Å². The van der Waals surface area contributed by atoms with Crippen LogP contribution in [0.2, 0.25) is 0 Å². The number of carbonyl (C=O) groups is 2. The van der Waals surface area contributed by atoms with Crippen molar-refractivity contribution in [1.29, 1.82) is 0 Å². The number of hydrogen-bond donors (Lipinski definition) is 2. The summed E-state index contributed by atoms with van der Waals surface area (Å²) in [5.41, 5.74) is -0.881. The molecular weight excluding hydrogens is 399 g/mol. The molecule has 166 valence electrons. The van der Waals surface area contributed by atoms with Gasteiger partial charge >= 0.3 is 6.09 Å². The van der Waals surface area contributed by atoms with Crippen molar-refractivity contribution in [2.45, 2.75) is 57.7 Å². The minimum atomic E-state index is -1.29. The molecule has 3 atom stereocenters. The van der Waals surface area contributed by atoms with E-state index >= 15 is 0 Å². The van der Waals surface area contributed by atoms with Crippen LogP contribution in [0.4, 0.5) is 18.0 Å². The molecule has 30 heavy (non-hydrogen) atoms. The first-order valence-corrected chi connectivity index (χ1v) is 10.2. The second kappa shape index (κ2) is 8.83. The molecule has 2 N–H and O–H groups in total. The van der Waals surface area contributed by atoms with E-state index in [1.54, 1.807) is 25.7 Å². The van der Waals surface area contributed by atoms with E-state index in [9.17, 15) is 22.8 Å². The molecule has 2 heterocycles. The van der Waals surface area contributed by atoms with Gasteiger partial charge in [0.25, 0.3) is 0 Å². The molecule has 0 radical (unpaired) electrons. The molecule has 0 saturated carbocycles. The molecule has 0 aliphatic carbocycles. The molecule has 3 rings (SSSR count). The molecule has 6 nitrogen and oxygen atoms in total. The number of nitrogens with zero attached hydrogens (tertiary/aromatic N) is 1. The zero-order valence-electron chi connectivity index (χ0n) is 17.4. The van der Waals surface area contributed by atoms with Gasteiger partial charge in [-0.15, -0.1) is 0 Å². The summed E-state index contributed by atoms with van der Waals surface area (Å²) in [7, 11) is 0. The van der Waals surface area contributed by atoms with Crippen LogP contribution in [0.1, 0.15) is 39.2 Å². The van der Waals surface area contributed by atoms with Gasteiger partial charge in [-0.2, -0.15) is 0 Å². The molecule has 1 aromatic carbocycles. The summed E-state index contributed by atoms with van der Waals surface area (Å²) in [5, 5.41) is 5.86. The minimum Gasteiger partial charge on any atom is -0.444 e. The van der Waals surface area contributed by atoms with E-state index < -0.39 is 35.2 Å². The topological polar surface area (TPSA) is 70.7 Å². The first kappa shape index (κ1) is 22.4. The van der Waals surface area contributed by atoms with Crippen molar-refractivity contribution in [2.24, 2.45) is 5.92 Å². The van der Waals surface area contributed by atoms with Crippen molar-refractivity contribution < 1.29 is 27.5 Å². The molecule has 2 aliphatic rings. The number of carbonyl (C=O) groups excluding carboxylic acids is 2. The van der Waals surface area contributed by atoms with Gasteiger partial charge in [0.15, 0.2) is 11.6 Å². The Labute approximate surface area is 174 Å². The van der Waals surface area contributed by atoms with Gasteiger partial charge in [-0.05, 0) is 51.2 Å². The number of fused-ring (bicyclic) bond motifs is 1. The van der Waals surface area contributed by atoms with Gasteiger partial charge in [0.05, 0.1) is 0 Å². The highest BCUT2D eigenvalue weighted by Crippen LogP contribution is 2.28. The highest BCUT2D eigenvalue weighted by molar-refractivity contribution is 5.78. The average molecular weight is 427 g/mol. The van der Waals surface area contributed by atoms with E-state index in [4.69, 9.17) is 4.74 Å². The van der Waals surface area contributed by atoms with E-state index in [-0.39, 0.29) is 30.4 Å². The Balaban J connectivity index is 1.74. The Morgan fingerprint density at radius 3 is 2.60 bits per heavy atom. The second-order valence-electron chi connectivity index (χ2n) is 8.97. The number of halogens is 3. The van der Waals surface area contributed by atoms with Crippen molar-refractivity contribution in [3.63, 3.8) is 0 Å². The fraction of sp³-hybridized carbons (Fsp3) is 0.619. The van der Waals surface area contributed by atoms with Crippen LogP contribution in [-0.4, -0.2) is 54.2 Å². The smallest absolute Gasteiger partial charge is 0.407 e. The fourth-order valence-electron chi connectivity index (χ4n) is 4.12. The molecule has 0 bridgehead atoms. The Hall–Kier alpha value is -2.29. The van der Waals surface area contributed by atoms with Crippen LogP contribution in [0.25, 0.3) is 0 Å². The van der Waals surface area contributed by atoms with E-state index in [1.165, 1.54) is 0 Å². The SMILES string of the molecule is CC(C)(C)OC(=O)NC(CC(=O)N1CCC2CNC[C@H]21)Cc1cc(F)c(F)cc1F. The maximum absolute atomic E-state index is 14.2. The third kappa shape index (κ3) is 5.44. The normalized spacial score (nSPS) is 22.0. The molecule has 9 heteroatoms. The third-order valence-corrected chi connectivity index (χ3v) is 5.46. The third-order valence-electron chi connectivity index (χ3n) is 5.46. The lowest BCUT2D eigenvalue weighted by atomic mass is 10.0. The lowest BCUT2D eigenvalue weighted by Gasteiger charge is -2.27. The molecule has 2 fully saturated rings. The molecular formula is C21H28F3N3O3. The van der Waals surface area contributed by atoms with Crippen LogP contribution in [0.3, 0.4) is 0 Å². The van der Waals surface area contributed by atoms with Crippen LogP contribution in [-0.2, 0) is 16.0 Å². The first-order valence-electron chi connectivity index (χ1n) is 10.2. The van der Waals surface area contributed by atoms with Gasteiger partial charge < -0.3 is 20.3 Å². The number of likely N-dealkylation sites (tertiary alicyclic amines) is 1. The number of ether oxygens (including phenoxy) is 1. The minimum absolute atomic E-state index is 0.0963. The lowest BCUT2D eigenvalue weighted by Crippen LogP contribution is -2.46. The van der Waals surface area contributed by atoms with Crippen molar-refractivity contribution in [1.82, 2.24) is 15.5 Å². The predicted octanol–water partition coefficient (Wildman–Crippen LogP) is 2.75. The maximum atomic E-state index is 14.2. The van der Waals surface area contributed by atoms with Gasteiger partial charge in [-0.3, -0.25) is 4.79 Å². The molecule has 2 aliphatic heterocycles. The van der Waals surface area contributed by atoms with E-state index in [1.807, 2.05) is 0 Å². The molecule has 0 spiro atoms. The van der Waals surface area contributed by atoms with Crippen LogP contribution < -0.4 is 10.6 Å². The first-order chi connectivity index (χ1) is 14.0. The molecule has 2 amide bonds. The quantitative estimate of drug-likeness (QED) is 0.709. The highest BCUT2D eigenvalue weighted by atomic mass is 19.2. The summed E-state index contributed by atoms with van der Waals surface area (Å²) in [4.78, 5) is 27.0. The zero-order chi connectivity index (χ0) is 22.1. The Kier molecular flexibility index (Phi) is 6.59. The number of benzene rings is 1. The summed E-state index contributed by atoms with van der Waals surface area (Å²) in [5.74, 6) is -3.17. The lowest BCUT2D eigenvalue weighted by molar-refractivity contribution is -0.132. The standard InChI is InChI=1S/C21H28F3N3O3/c1-21(2,3)30-20(29)26-14(6-13-7-16(23)17(24)9-15(13)22)8-19(28)27-5-4-12-10-25-11-18(12)27/h7,9,12,14,18,25H,4-6,8,10-11H2,1-3H3,(H,26,29)/t12?,14?,18-/m1/s1. The molecule has 1 aromatic rings. The van der Waals surface area contributed by atoms with Gasteiger partial charge in [-0.1, -0.05) is 0 Å². The second-order valence-corrected chi connectivity index (χ2v) is 8.97. The van der Waals surface area contributed by atoms with Gasteiger partial charge in [0, 0.05) is 44.2 Å². The fourth-order valence-corrected chi connectivity index (χ4v) is 4.12. The molecule has 0 aromatic heterocycles. The van der Waals surface area contributed by atoms with E-state index in [0.29, 0.717) is 18.5 Å². The van der Waals surface area contributed by atoms with Crippen molar-refractivity contribution >= 4 is 12.0 Å². The van der Waals surface area contributed by atoms with Crippen molar-refractivity contribution in [3.05, 3.63) is 35.1 Å². The Morgan fingerprint density at radius 1 is 1.20 bits per heavy atom. The maximum Gasteiger partial charge on any atom is 0.407 e. The predicted molar refractivity (Wildman–Crippen MR) is 104 cm³/mol. The summed E-state index contributed by atoms with van der Waals surface area (Å²) in [6, 6.07) is 0.498. The number of rotatable bonds is 5. The Morgan fingerprint density at radius 2 is 1.90 bits per heavy atom. The highest BCUT2D eigenvalue weighted by Gasteiger charge is 2.40. The number of hydrogen-bond acceptors (Lipinski definition) is 4. The number of amides is 2. The van der Waals surface area contributed by atoms with Gasteiger partial charge in [0.1, 0.15) is 11.4 Å². The van der Waals surface area contributed by atoms with Crippen LogP contribution in [0, 0.1) is 23.4 Å². The zero-order valence-corrected chi connectivity index (χ0v) is 17.4. The monoisotopic (exact) mass is 427 g/mol. The molecule has 2 unspecified atom stereocenters. The number of alkyl carbamates (subject to hydrolysis) is 1. The van der Waals surface area contributed by atoms with E-state index in [0.717, 1.165) is 25.6 Å². The van der Waals surface area contributed by atoms with Crippen LogP contribution >= 0.6 is 0 Å². The molecule has 2 saturated heterocycles. The van der Waals surface area contributed by atoms with Crippen molar-refractivity contribution in [2.75, 3.05) is 19.6 Å². The van der Waals surface area contributed by atoms with Gasteiger partial charge in [0.2, 0.25) is 5.91 Å². The Bertz CT molecular complexity index is 813.